The lowest BCUT2D eigenvalue weighted by Gasteiger charge is -2.27. The molecule has 9 atom stereocenters. The lowest BCUT2D eigenvalue weighted by molar-refractivity contribution is -0.0511. The van der Waals surface area contributed by atoms with Gasteiger partial charge >= 0.3 is 6.72 Å². The second-order valence-electron chi connectivity index (χ2n) is 10.1. The minimum atomic E-state index is -4.17. The van der Waals surface area contributed by atoms with Crippen LogP contribution in [0.1, 0.15) is 31.7 Å². The topological polar surface area (TPSA) is 242 Å². The number of anilines is 2. The van der Waals surface area contributed by atoms with Crippen molar-refractivity contribution >= 4 is 52.6 Å². The number of hydrogen-bond donors (Lipinski definition) is 4. The second kappa shape index (κ2) is 10.1. The summed E-state index contributed by atoms with van der Waals surface area (Å²) in [6.45, 7) is -4.53. The number of nitrogens with two attached hydrogens (primary N) is 2. The number of alkyl halides is 2. The molecular weight excluding hydrogens is 605 g/mol. The quantitative estimate of drug-likeness (QED) is 0.210. The Morgan fingerprint density at radius 1 is 1.02 bits per heavy atom. The fourth-order valence-electron chi connectivity index (χ4n) is 5.59. The Kier molecular flexibility index (Phi) is 6.64. The minimum Gasteiger partial charge on any atom is -0.382 e. The molecule has 22 heteroatoms. The highest BCUT2D eigenvalue weighted by atomic mass is 32.5. The SMILES string of the molecule is Nc1nc2c(nnn2[C@@H]2OC3CCC[C@H]4[C@H](F)[C@H](n5nnc6c(N)ncnc65)O[C@@H]4COP(O)(=S)O[C@@H]2[C@@H]3F)c(=O)[nH]1. The molecule has 6 N–H and O–H groups in total. The Morgan fingerprint density at radius 3 is 2.57 bits per heavy atom. The van der Waals surface area contributed by atoms with Gasteiger partial charge in [-0.1, -0.05) is 16.8 Å². The zero-order chi connectivity index (χ0) is 29.3. The van der Waals surface area contributed by atoms with Gasteiger partial charge in [-0.3, -0.25) is 14.3 Å². The maximum atomic E-state index is 15.9. The van der Waals surface area contributed by atoms with Crippen LogP contribution in [0.15, 0.2) is 11.1 Å². The Balaban J connectivity index is 1.17. The number of halogens is 2. The molecule has 224 valence electrons. The van der Waals surface area contributed by atoms with Crippen LogP contribution in [0.2, 0.25) is 0 Å². The molecule has 0 spiro atoms. The third-order valence-corrected chi connectivity index (χ3v) is 9.10. The summed E-state index contributed by atoms with van der Waals surface area (Å²) in [5.74, 6) is -0.902. The molecule has 18 nitrogen and oxygen atoms in total. The van der Waals surface area contributed by atoms with Gasteiger partial charge in [0.2, 0.25) is 5.95 Å². The van der Waals surface area contributed by atoms with Gasteiger partial charge in [-0.2, -0.15) is 14.3 Å². The van der Waals surface area contributed by atoms with Crippen LogP contribution < -0.4 is 17.0 Å². The van der Waals surface area contributed by atoms with E-state index in [-0.39, 0.29) is 53.5 Å². The van der Waals surface area contributed by atoms with E-state index in [4.69, 9.17) is 41.8 Å². The first-order valence-corrected chi connectivity index (χ1v) is 15.4. The second-order valence-corrected chi connectivity index (χ2v) is 12.9. The summed E-state index contributed by atoms with van der Waals surface area (Å²) < 4.78 is 57.1. The van der Waals surface area contributed by atoms with Crippen LogP contribution in [0, 0.1) is 5.92 Å². The number of nitrogens with one attached hydrogen (secondary N) is 1. The number of nitrogens with zero attached hydrogens (tertiary/aromatic N) is 9. The highest BCUT2D eigenvalue weighted by molar-refractivity contribution is 8.07. The van der Waals surface area contributed by atoms with E-state index in [9.17, 15) is 9.69 Å². The monoisotopic (exact) mass is 628 g/mol. The first kappa shape index (κ1) is 27.5. The number of H-pyrrole nitrogens is 1. The van der Waals surface area contributed by atoms with Gasteiger partial charge in [-0.25, -0.2) is 18.7 Å². The predicted molar refractivity (Wildman–Crippen MR) is 140 cm³/mol. The predicted octanol–water partition coefficient (Wildman–Crippen LogP) is -0.196. The van der Waals surface area contributed by atoms with Crippen molar-refractivity contribution in [2.24, 2.45) is 5.92 Å². The average Bonchev–Trinajstić information content (AvgIpc) is 3.69. The number of ether oxygens (including phenoxy) is 2. The molecule has 2 bridgehead atoms. The maximum absolute atomic E-state index is 15.9. The van der Waals surface area contributed by atoms with Gasteiger partial charge in [0.25, 0.3) is 5.56 Å². The number of aromatic amines is 1. The largest absolute Gasteiger partial charge is 0.382 e. The van der Waals surface area contributed by atoms with Crippen molar-refractivity contribution in [1.29, 1.82) is 0 Å². The van der Waals surface area contributed by atoms with Gasteiger partial charge in [0.1, 0.15) is 12.4 Å². The first-order valence-electron chi connectivity index (χ1n) is 12.8. The molecule has 0 radical (unpaired) electrons. The van der Waals surface area contributed by atoms with Crippen LogP contribution in [0.25, 0.3) is 22.3 Å². The summed E-state index contributed by atoms with van der Waals surface area (Å²) in [6.07, 6.45) is -7.52. The number of rotatable bonds is 2. The molecule has 7 rings (SSSR count). The summed E-state index contributed by atoms with van der Waals surface area (Å²) in [4.78, 5) is 37.5. The third kappa shape index (κ3) is 4.51. The van der Waals surface area contributed by atoms with Crippen LogP contribution in [0.5, 0.6) is 0 Å². The van der Waals surface area contributed by atoms with Crippen molar-refractivity contribution in [2.75, 3.05) is 18.1 Å². The molecule has 7 heterocycles. The molecule has 0 aliphatic carbocycles. The fourth-order valence-corrected chi connectivity index (χ4v) is 7.00. The molecule has 4 aromatic heterocycles. The summed E-state index contributed by atoms with van der Waals surface area (Å²) in [7, 11) is 0. The van der Waals surface area contributed by atoms with Gasteiger partial charge in [0.05, 0.1) is 18.8 Å². The molecule has 3 aliphatic heterocycles. The van der Waals surface area contributed by atoms with Crippen molar-refractivity contribution in [3.05, 3.63) is 16.7 Å². The van der Waals surface area contributed by atoms with Crippen LogP contribution >= 0.6 is 6.72 Å². The summed E-state index contributed by atoms with van der Waals surface area (Å²) in [6, 6.07) is 0. The highest BCUT2D eigenvalue weighted by Crippen LogP contribution is 2.52. The van der Waals surface area contributed by atoms with Crippen molar-refractivity contribution in [1.82, 2.24) is 49.9 Å². The van der Waals surface area contributed by atoms with Gasteiger partial charge in [-0.15, -0.1) is 10.2 Å². The van der Waals surface area contributed by atoms with Crippen LogP contribution in [0.4, 0.5) is 20.5 Å². The van der Waals surface area contributed by atoms with E-state index in [1.807, 2.05) is 0 Å². The van der Waals surface area contributed by atoms with Gasteiger partial charge in [0.15, 0.2) is 52.9 Å². The fraction of sp³-hybridized carbons (Fsp3) is 0.600. The van der Waals surface area contributed by atoms with Crippen LogP contribution in [0.3, 0.4) is 0 Å². The van der Waals surface area contributed by atoms with Crippen molar-refractivity contribution in [2.45, 2.75) is 62.4 Å². The molecule has 2 unspecified atom stereocenters. The summed E-state index contributed by atoms with van der Waals surface area (Å²) in [5.41, 5.74) is 11.0. The van der Waals surface area contributed by atoms with E-state index >= 15 is 8.78 Å². The normalized spacial score (nSPS) is 35.7. The van der Waals surface area contributed by atoms with Crippen molar-refractivity contribution < 1.29 is 32.2 Å². The smallest absolute Gasteiger partial charge is 0.325 e. The van der Waals surface area contributed by atoms with E-state index in [0.29, 0.717) is 6.42 Å². The van der Waals surface area contributed by atoms with Crippen molar-refractivity contribution in [3.8, 4) is 0 Å². The molecule has 0 amide bonds. The van der Waals surface area contributed by atoms with Gasteiger partial charge in [-0.05, 0) is 24.6 Å². The van der Waals surface area contributed by atoms with E-state index < -0.39 is 61.3 Å². The Labute approximate surface area is 237 Å². The molecule has 0 aromatic carbocycles. The maximum Gasteiger partial charge on any atom is 0.325 e. The minimum absolute atomic E-state index is 0.0756. The number of hydrogen-bond acceptors (Lipinski definition) is 15. The van der Waals surface area contributed by atoms with Crippen molar-refractivity contribution in [3.63, 3.8) is 0 Å². The highest BCUT2D eigenvalue weighted by Gasteiger charge is 2.52. The molecule has 42 heavy (non-hydrogen) atoms. The Morgan fingerprint density at radius 2 is 1.76 bits per heavy atom. The number of fused-ring (bicyclic) bond motifs is 5. The first-order chi connectivity index (χ1) is 20.1. The van der Waals surface area contributed by atoms with E-state index in [1.165, 1.54) is 11.0 Å². The Hall–Kier alpha value is -3.33. The number of aromatic nitrogens is 10. The molecule has 4 aromatic rings. The third-order valence-electron chi connectivity index (χ3n) is 7.54. The average molecular weight is 629 g/mol. The molecular formula is C20H23F2N12O6PS. The van der Waals surface area contributed by atoms with Crippen LogP contribution in [-0.4, -0.2) is 92.1 Å². The van der Waals surface area contributed by atoms with Gasteiger partial charge in [0, 0.05) is 5.92 Å². The lowest BCUT2D eigenvalue weighted by atomic mass is 9.92. The molecule has 3 aliphatic rings. The van der Waals surface area contributed by atoms with E-state index in [2.05, 4.69) is 40.6 Å². The van der Waals surface area contributed by atoms with Gasteiger partial charge < -0.3 is 30.4 Å². The molecule has 0 saturated carbocycles. The standard InChI is InChI=1S/C20H23F2N12O6PS/c21-9-6-2-1-3-7-10(22)13(19(38-7)34-16-12(30-32-34)17(35)28-20(24)27-16)40-41(36,42)37-4-8(6)39-18(9)33-15-11(29-31-33)14(23)25-5-26-15/h5-10,13,18-19H,1-4H2,(H,36,42)(H2,23,25,26)(H3,24,27,28,35)/t6-,7?,8-,9+,10-,13-,18-,19-,41?/m1/s1. The summed E-state index contributed by atoms with van der Waals surface area (Å²) >= 11 is 5.19. The molecule has 3 saturated heterocycles. The van der Waals surface area contributed by atoms with E-state index in [0.717, 1.165) is 4.68 Å². The Bertz CT molecular complexity index is 1770. The van der Waals surface area contributed by atoms with Crippen LogP contribution in [-0.2, 0) is 30.3 Å². The van der Waals surface area contributed by atoms with E-state index in [1.54, 1.807) is 0 Å². The number of nitrogen functional groups attached to an aromatic ring is 2. The summed E-state index contributed by atoms with van der Waals surface area (Å²) in [5, 5.41) is 15.6. The molecule has 3 fully saturated rings. The zero-order valence-corrected chi connectivity index (χ0v) is 23.0. The zero-order valence-electron chi connectivity index (χ0n) is 21.3. The lowest BCUT2D eigenvalue weighted by Crippen LogP contribution is -2.33.